The minimum Gasteiger partial charge on any atom is -0.285 e. The molecule has 0 aromatic heterocycles. The first-order valence-corrected chi connectivity index (χ1v) is 6.64. The molecule has 3 saturated carbocycles. The van der Waals surface area contributed by atoms with Crippen molar-refractivity contribution in [1.82, 2.24) is 0 Å². The summed E-state index contributed by atoms with van der Waals surface area (Å²) in [7, 11) is -3.92. The molecule has 3 unspecified atom stereocenters. The predicted molar refractivity (Wildman–Crippen MR) is 54.6 cm³/mol. The first kappa shape index (κ1) is 10.4. The Hall–Kier alpha value is -0.0900. The maximum atomic E-state index is 11.5. The second-order valence-corrected chi connectivity index (χ2v) is 7.14. The summed E-state index contributed by atoms with van der Waals surface area (Å²) in [4.78, 5) is 0. The molecule has 0 amide bonds. The highest BCUT2D eigenvalue weighted by Gasteiger charge is 2.70. The van der Waals surface area contributed by atoms with E-state index in [1.165, 1.54) is 0 Å². The first-order valence-electron chi connectivity index (χ1n) is 5.20. The van der Waals surface area contributed by atoms with E-state index in [4.69, 9.17) is 0 Å². The normalized spacial score (nSPS) is 45.7. The summed E-state index contributed by atoms with van der Waals surface area (Å²) in [5.41, 5.74) is -0.252. The van der Waals surface area contributed by atoms with Gasteiger partial charge in [0.2, 0.25) is 0 Å². The fraction of sp³-hybridized carbons (Fsp3) is 1.00. The van der Waals surface area contributed by atoms with Crippen LogP contribution in [-0.4, -0.2) is 17.7 Å². The van der Waals surface area contributed by atoms with Crippen LogP contribution in [0.2, 0.25) is 0 Å². The smallest absolute Gasteiger partial charge is 0.271 e. The van der Waals surface area contributed by atoms with Crippen LogP contribution in [0.15, 0.2) is 0 Å². The molecule has 3 atom stereocenters. The summed E-state index contributed by atoms with van der Waals surface area (Å²) in [5.74, 6) is 0.554. The lowest BCUT2D eigenvalue weighted by Gasteiger charge is -2.66. The Bertz CT molecular complexity index is 358. The fourth-order valence-corrected chi connectivity index (χ4v) is 5.64. The van der Waals surface area contributed by atoms with E-state index >= 15 is 0 Å². The van der Waals surface area contributed by atoms with Crippen molar-refractivity contribution in [1.29, 1.82) is 0 Å². The van der Waals surface area contributed by atoms with Gasteiger partial charge in [-0.05, 0) is 36.5 Å². The zero-order chi connectivity index (χ0) is 10.8. The highest BCUT2D eigenvalue weighted by molar-refractivity contribution is 7.87. The Morgan fingerprint density at radius 1 is 1.29 bits per heavy atom. The molecule has 0 saturated heterocycles. The van der Waals surface area contributed by atoms with Gasteiger partial charge in [0, 0.05) is 0 Å². The van der Waals surface area contributed by atoms with E-state index in [9.17, 15) is 13.0 Å². The molecule has 3 aliphatic rings. The third-order valence-electron chi connectivity index (χ3n) is 4.87. The first-order chi connectivity index (χ1) is 6.23. The molecule has 3 fully saturated rings. The zero-order valence-electron chi connectivity index (χ0n) is 8.95. The van der Waals surface area contributed by atoms with Crippen molar-refractivity contribution in [2.75, 3.05) is 0 Å². The SMILES string of the molecule is CC1CCC2CC1(S(=O)(=O)O)C2(C)C. The molecule has 0 aliphatic heterocycles. The van der Waals surface area contributed by atoms with E-state index < -0.39 is 14.9 Å². The minimum absolute atomic E-state index is 0.0810. The molecule has 0 aromatic carbocycles. The van der Waals surface area contributed by atoms with Crippen LogP contribution >= 0.6 is 0 Å². The highest BCUT2D eigenvalue weighted by atomic mass is 32.2. The number of fused-ring (bicyclic) bond motifs is 2. The Kier molecular flexibility index (Phi) is 1.88. The lowest BCUT2D eigenvalue weighted by molar-refractivity contribution is -0.0787. The van der Waals surface area contributed by atoms with Gasteiger partial charge in [0.1, 0.15) is 4.75 Å². The quantitative estimate of drug-likeness (QED) is 0.686. The van der Waals surface area contributed by atoms with Crippen molar-refractivity contribution in [3.05, 3.63) is 0 Å². The van der Waals surface area contributed by atoms with Crippen LogP contribution in [0.1, 0.15) is 40.0 Å². The van der Waals surface area contributed by atoms with Crippen LogP contribution in [0.3, 0.4) is 0 Å². The van der Waals surface area contributed by atoms with E-state index in [1.54, 1.807) is 0 Å². The lowest BCUT2D eigenvalue weighted by atomic mass is 9.45. The zero-order valence-corrected chi connectivity index (χ0v) is 9.76. The van der Waals surface area contributed by atoms with Crippen LogP contribution in [0.4, 0.5) is 0 Å². The summed E-state index contributed by atoms with van der Waals surface area (Å²) in [6.45, 7) is 5.90. The van der Waals surface area contributed by atoms with Crippen molar-refractivity contribution < 1.29 is 13.0 Å². The summed E-state index contributed by atoms with van der Waals surface area (Å²) in [5, 5.41) is 0. The maximum Gasteiger partial charge on any atom is 0.271 e. The van der Waals surface area contributed by atoms with Gasteiger partial charge in [0.15, 0.2) is 0 Å². The van der Waals surface area contributed by atoms with Gasteiger partial charge in [-0.2, -0.15) is 8.42 Å². The summed E-state index contributed by atoms with van der Waals surface area (Å²) in [6.07, 6.45) is 2.68. The number of rotatable bonds is 1. The molecule has 3 nitrogen and oxygen atoms in total. The van der Waals surface area contributed by atoms with Crippen LogP contribution in [0.25, 0.3) is 0 Å². The number of hydrogen-bond donors (Lipinski definition) is 1. The van der Waals surface area contributed by atoms with Crippen molar-refractivity contribution in [3.8, 4) is 0 Å². The lowest BCUT2D eigenvalue weighted by Crippen LogP contribution is -2.70. The Balaban J connectivity index is 2.52. The summed E-state index contributed by atoms with van der Waals surface area (Å²) < 4.78 is 31.6. The van der Waals surface area contributed by atoms with E-state index in [0.717, 1.165) is 12.8 Å². The van der Waals surface area contributed by atoms with E-state index in [1.807, 2.05) is 20.8 Å². The summed E-state index contributed by atoms with van der Waals surface area (Å²) >= 11 is 0. The topological polar surface area (TPSA) is 54.4 Å². The predicted octanol–water partition coefficient (Wildman–Crippen LogP) is 2.09. The van der Waals surface area contributed by atoms with E-state index in [2.05, 4.69) is 0 Å². The second kappa shape index (κ2) is 2.53. The third kappa shape index (κ3) is 0.890. The molecule has 82 valence electrons. The van der Waals surface area contributed by atoms with Crippen molar-refractivity contribution in [2.45, 2.75) is 44.8 Å². The molecule has 1 N–H and O–H groups in total. The molecule has 3 aliphatic carbocycles. The van der Waals surface area contributed by atoms with Crippen molar-refractivity contribution in [2.24, 2.45) is 17.3 Å². The van der Waals surface area contributed by atoms with Crippen LogP contribution < -0.4 is 0 Å². The minimum atomic E-state index is -3.92. The van der Waals surface area contributed by atoms with Gasteiger partial charge >= 0.3 is 0 Å². The molecule has 4 heteroatoms. The van der Waals surface area contributed by atoms with Crippen LogP contribution in [0, 0.1) is 17.3 Å². The van der Waals surface area contributed by atoms with Crippen molar-refractivity contribution >= 4 is 10.1 Å². The molecule has 0 radical (unpaired) electrons. The Labute approximate surface area is 85.6 Å². The van der Waals surface area contributed by atoms with Crippen molar-refractivity contribution in [3.63, 3.8) is 0 Å². The Morgan fingerprint density at radius 2 is 1.86 bits per heavy atom. The van der Waals surface area contributed by atoms with Gasteiger partial charge in [0.05, 0.1) is 0 Å². The maximum absolute atomic E-state index is 11.5. The largest absolute Gasteiger partial charge is 0.285 e. The second-order valence-electron chi connectivity index (χ2n) is 5.47. The molecule has 0 spiro atoms. The van der Waals surface area contributed by atoms with Crippen LogP contribution in [0.5, 0.6) is 0 Å². The average Bonchev–Trinajstić information content (AvgIpc) is 2.01. The molecule has 2 bridgehead atoms. The van der Waals surface area contributed by atoms with Gasteiger partial charge in [-0.3, -0.25) is 4.55 Å². The molecule has 0 heterocycles. The molecule has 3 rings (SSSR count). The average molecular weight is 218 g/mol. The Morgan fingerprint density at radius 3 is 2.14 bits per heavy atom. The molecule has 14 heavy (non-hydrogen) atoms. The van der Waals surface area contributed by atoms with E-state index in [-0.39, 0.29) is 11.3 Å². The van der Waals surface area contributed by atoms with Crippen LogP contribution in [-0.2, 0) is 10.1 Å². The van der Waals surface area contributed by atoms with Gasteiger partial charge in [0.25, 0.3) is 10.1 Å². The standard InChI is InChI=1S/C10H18O3S/c1-7-4-5-8-6-10(7,9(8,2)3)14(11,12)13/h7-8H,4-6H2,1-3H3,(H,11,12,13). The van der Waals surface area contributed by atoms with Gasteiger partial charge in [-0.1, -0.05) is 20.8 Å². The fourth-order valence-electron chi connectivity index (χ4n) is 3.77. The van der Waals surface area contributed by atoms with Gasteiger partial charge < -0.3 is 0 Å². The third-order valence-corrected chi connectivity index (χ3v) is 6.88. The number of hydrogen-bond acceptors (Lipinski definition) is 2. The molecular weight excluding hydrogens is 200 g/mol. The highest BCUT2D eigenvalue weighted by Crippen LogP contribution is 2.67. The monoisotopic (exact) mass is 218 g/mol. The van der Waals surface area contributed by atoms with Gasteiger partial charge in [-0.15, -0.1) is 0 Å². The van der Waals surface area contributed by atoms with Gasteiger partial charge in [-0.25, -0.2) is 0 Å². The van der Waals surface area contributed by atoms with E-state index in [0.29, 0.717) is 12.3 Å². The molecule has 0 aromatic rings. The molecular formula is C10H18O3S. The summed E-state index contributed by atoms with van der Waals surface area (Å²) in [6, 6.07) is 0.